The summed E-state index contributed by atoms with van der Waals surface area (Å²) in [6.07, 6.45) is 1.62. The van der Waals surface area contributed by atoms with Crippen molar-refractivity contribution >= 4 is 29.2 Å². The topological polar surface area (TPSA) is 97.7 Å². The number of hydrogen-bond donors (Lipinski definition) is 2. The number of halogens is 2. The average molecular weight is 398 g/mol. The second-order valence-electron chi connectivity index (χ2n) is 7.09. The van der Waals surface area contributed by atoms with Gasteiger partial charge in [0.1, 0.15) is 10.8 Å². The van der Waals surface area contributed by atoms with Gasteiger partial charge >= 0.3 is 0 Å². The first kappa shape index (κ1) is 16.1. The van der Waals surface area contributed by atoms with Crippen molar-refractivity contribution in [3.63, 3.8) is 0 Å². The van der Waals surface area contributed by atoms with Crippen molar-refractivity contribution in [1.29, 1.82) is 0 Å². The summed E-state index contributed by atoms with van der Waals surface area (Å²) in [4.78, 5) is 21.3. The number of anilines is 3. The number of nitrogens with zero attached hydrogens (tertiary/aromatic N) is 5. The molecule has 2 aliphatic heterocycles. The first-order valence-electron chi connectivity index (χ1n) is 8.81. The van der Waals surface area contributed by atoms with Crippen molar-refractivity contribution in [3.8, 4) is 11.5 Å². The Morgan fingerprint density at radius 2 is 2.00 bits per heavy atom. The van der Waals surface area contributed by atoms with Gasteiger partial charge in [-0.05, 0) is 24.3 Å². The van der Waals surface area contributed by atoms with Crippen LogP contribution in [0, 0.1) is 17.8 Å². The molecule has 2 aliphatic carbocycles. The summed E-state index contributed by atoms with van der Waals surface area (Å²) in [6.45, 7) is 0.780. The second kappa shape index (κ2) is 5.55. The molecule has 2 saturated carbocycles. The molecule has 8 nitrogen and oxygen atoms in total. The van der Waals surface area contributed by atoms with Gasteiger partial charge in [-0.3, -0.25) is 0 Å². The molecule has 0 aromatic carbocycles. The predicted molar refractivity (Wildman–Crippen MR) is 98.6 cm³/mol. The van der Waals surface area contributed by atoms with Crippen LogP contribution in [0.5, 0.6) is 0 Å². The number of rotatable bonds is 5. The molecule has 28 heavy (non-hydrogen) atoms. The zero-order chi connectivity index (χ0) is 18.9. The van der Waals surface area contributed by atoms with Crippen LogP contribution in [0.25, 0.3) is 11.5 Å². The molecule has 3 aromatic rings. The third-order valence-electron chi connectivity index (χ3n) is 5.52. The Bertz CT molecular complexity index is 1070. The molecule has 10 heteroatoms. The lowest BCUT2D eigenvalue weighted by molar-refractivity contribution is 0.176. The minimum atomic E-state index is -0.560. The van der Waals surface area contributed by atoms with Gasteiger partial charge in [-0.25, -0.2) is 9.97 Å². The molecule has 3 aromatic heterocycles. The fourth-order valence-electron chi connectivity index (χ4n) is 4.06. The van der Waals surface area contributed by atoms with E-state index in [9.17, 15) is 4.39 Å². The largest absolute Gasteiger partial charge is 0.375 e. The van der Waals surface area contributed by atoms with Gasteiger partial charge in [0.2, 0.25) is 17.8 Å². The lowest BCUT2D eigenvalue weighted by atomic mass is 10.2. The van der Waals surface area contributed by atoms with Gasteiger partial charge in [0.15, 0.2) is 5.82 Å². The molecule has 5 heterocycles. The minimum absolute atomic E-state index is 0.0327. The highest BCUT2D eigenvalue weighted by molar-refractivity contribution is 6.29. The van der Waals surface area contributed by atoms with Crippen molar-refractivity contribution in [1.82, 2.24) is 24.9 Å². The molecule has 2 bridgehead atoms. The van der Waals surface area contributed by atoms with E-state index in [1.807, 2.05) is 0 Å². The summed E-state index contributed by atoms with van der Waals surface area (Å²) in [5, 5.41) is 6.80. The number of fused-ring (bicyclic) bond motifs is 1. The van der Waals surface area contributed by atoms with Crippen molar-refractivity contribution in [3.05, 3.63) is 47.6 Å². The second-order valence-corrected chi connectivity index (χ2v) is 7.48. The van der Waals surface area contributed by atoms with Crippen molar-refractivity contribution in [2.24, 2.45) is 11.8 Å². The minimum Gasteiger partial charge on any atom is -0.375 e. The van der Waals surface area contributed by atoms with Gasteiger partial charge in [0.25, 0.3) is 0 Å². The summed E-state index contributed by atoms with van der Waals surface area (Å²) in [5.41, 5.74) is 1.05. The number of nitrogens with one attached hydrogen (secondary N) is 2. The Kier molecular flexibility index (Phi) is 3.19. The highest BCUT2D eigenvalue weighted by Gasteiger charge is 2.92. The molecule has 0 radical (unpaired) electrons. The van der Waals surface area contributed by atoms with Crippen LogP contribution in [0.1, 0.15) is 0 Å². The van der Waals surface area contributed by atoms with Gasteiger partial charge in [-0.2, -0.15) is 19.3 Å². The maximum Gasteiger partial charge on any atom is 0.232 e. The van der Waals surface area contributed by atoms with Gasteiger partial charge in [0, 0.05) is 11.8 Å². The highest BCUT2D eigenvalue weighted by atomic mass is 35.5. The van der Waals surface area contributed by atoms with Crippen molar-refractivity contribution in [2.45, 2.75) is 11.6 Å². The normalized spacial score (nSPS) is 28.6. The quantitative estimate of drug-likeness (QED) is 0.634. The maximum absolute atomic E-state index is 13.1. The monoisotopic (exact) mass is 397 g/mol. The van der Waals surface area contributed by atoms with Crippen molar-refractivity contribution < 1.29 is 9.13 Å². The van der Waals surface area contributed by atoms with Gasteiger partial charge in [-0.1, -0.05) is 17.7 Å². The van der Waals surface area contributed by atoms with Crippen LogP contribution >= 0.6 is 11.6 Å². The molecule has 4 aliphatic rings. The number of hydrogen-bond acceptors (Lipinski definition) is 8. The third kappa shape index (κ3) is 2.36. The van der Waals surface area contributed by atoms with Crippen LogP contribution in [-0.4, -0.2) is 43.2 Å². The Balaban J connectivity index is 1.36. The average Bonchev–Trinajstić information content (AvgIpc) is 3.31. The molecule has 0 spiro atoms. The molecule has 140 valence electrons. The van der Waals surface area contributed by atoms with Gasteiger partial charge < -0.3 is 15.4 Å². The van der Waals surface area contributed by atoms with Crippen LogP contribution < -0.4 is 10.6 Å². The molecule has 2 N–H and O–H groups in total. The Morgan fingerprint density at radius 1 is 1.11 bits per heavy atom. The van der Waals surface area contributed by atoms with E-state index in [1.165, 1.54) is 12.3 Å². The van der Waals surface area contributed by atoms with E-state index in [0.29, 0.717) is 46.1 Å². The molecule has 0 amide bonds. The zero-order valence-electron chi connectivity index (χ0n) is 14.3. The molecular weight excluding hydrogens is 385 g/mol. The molecule has 7 rings (SSSR count). The Hall–Kier alpha value is -2.91. The first-order chi connectivity index (χ1) is 13.6. The summed E-state index contributed by atoms with van der Waals surface area (Å²) < 4.78 is 18.8. The lowest BCUT2D eigenvalue weighted by Crippen LogP contribution is -2.23. The standard InChI is InChI=1S/C18H13ClFN7O/c19-11-3-1-2-10(23-11)15-24-16(22-8-4-5-12(20)21-6-8)26-17(25-15)27-18-9-7-28-14(18)13(9)18/h1-6,9,13-14H,7H2,(H2,22,24,25,26,27). The first-order valence-corrected chi connectivity index (χ1v) is 9.19. The van der Waals surface area contributed by atoms with E-state index >= 15 is 0 Å². The molecular formula is C18H13ClFN7O. The van der Waals surface area contributed by atoms with Crippen LogP contribution in [0.2, 0.25) is 5.15 Å². The lowest BCUT2D eigenvalue weighted by Gasteiger charge is -2.12. The Morgan fingerprint density at radius 3 is 2.71 bits per heavy atom. The van der Waals surface area contributed by atoms with Gasteiger partial charge in [-0.15, -0.1) is 0 Å². The molecule has 2 saturated heterocycles. The van der Waals surface area contributed by atoms with E-state index in [1.54, 1.807) is 24.3 Å². The van der Waals surface area contributed by atoms with E-state index < -0.39 is 5.95 Å². The summed E-state index contributed by atoms with van der Waals surface area (Å²) in [6, 6.07) is 8.05. The summed E-state index contributed by atoms with van der Waals surface area (Å²) in [5.74, 6) is 1.63. The number of ether oxygens (including phenoxy) is 1. The van der Waals surface area contributed by atoms with Crippen LogP contribution in [-0.2, 0) is 4.74 Å². The fraction of sp³-hybridized carbons (Fsp3) is 0.278. The molecule has 4 unspecified atom stereocenters. The van der Waals surface area contributed by atoms with E-state index in [2.05, 4.69) is 35.6 Å². The number of pyridine rings is 2. The predicted octanol–water partition coefficient (Wildman–Crippen LogP) is 2.67. The Labute approximate surface area is 163 Å². The van der Waals surface area contributed by atoms with E-state index in [4.69, 9.17) is 16.3 Å². The van der Waals surface area contributed by atoms with E-state index in [-0.39, 0.29) is 11.6 Å². The SMILES string of the molecule is Fc1ccc(Nc2nc(NC34C5COC3C54)nc(-c3cccc(Cl)n3)n2)cn1. The molecule has 4 atom stereocenters. The molecule has 4 fully saturated rings. The number of aromatic nitrogens is 5. The zero-order valence-corrected chi connectivity index (χ0v) is 15.1. The van der Waals surface area contributed by atoms with E-state index in [0.717, 1.165) is 6.61 Å². The maximum atomic E-state index is 13.1. The summed E-state index contributed by atoms with van der Waals surface area (Å²) >= 11 is 6.01. The van der Waals surface area contributed by atoms with Crippen LogP contribution in [0.4, 0.5) is 22.0 Å². The van der Waals surface area contributed by atoms with Crippen LogP contribution in [0.15, 0.2) is 36.5 Å². The third-order valence-corrected chi connectivity index (χ3v) is 5.73. The summed E-state index contributed by atoms with van der Waals surface area (Å²) in [7, 11) is 0. The van der Waals surface area contributed by atoms with Gasteiger partial charge in [0.05, 0.1) is 30.1 Å². The van der Waals surface area contributed by atoms with Crippen LogP contribution in [0.3, 0.4) is 0 Å². The highest BCUT2D eigenvalue weighted by Crippen LogP contribution is 2.78. The smallest absolute Gasteiger partial charge is 0.232 e. The fourth-order valence-corrected chi connectivity index (χ4v) is 4.23. The van der Waals surface area contributed by atoms with Crippen molar-refractivity contribution in [2.75, 3.05) is 17.2 Å².